The number of hydrogen-bond donors (Lipinski definition) is 1. The van der Waals surface area contributed by atoms with Crippen molar-refractivity contribution >= 4 is 11.6 Å². The highest BCUT2D eigenvalue weighted by molar-refractivity contribution is 5.97. The molecule has 0 fully saturated rings. The number of carbonyl (C=O) groups excluding carboxylic acids is 1. The molecule has 1 N–H and O–H groups in total. The first-order valence-corrected chi connectivity index (χ1v) is 6.88. The third-order valence-electron chi connectivity index (χ3n) is 3.62. The number of hydrogen-bond acceptors (Lipinski definition) is 4. The van der Waals surface area contributed by atoms with Gasteiger partial charge in [0.15, 0.2) is 6.61 Å². The average molecular weight is 294 g/mol. The van der Waals surface area contributed by atoms with Gasteiger partial charge in [0, 0.05) is 0 Å². The molecule has 0 radical (unpaired) electrons. The second-order valence-corrected chi connectivity index (χ2v) is 5.00. The van der Waals surface area contributed by atoms with E-state index in [1.165, 1.54) is 0 Å². The van der Waals surface area contributed by atoms with Crippen molar-refractivity contribution in [3.63, 3.8) is 0 Å². The van der Waals surface area contributed by atoms with Gasteiger partial charge in [-0.05, 0) is 29.3 Å². The predicted molar refractivity (Wildman–Crippen MR) is 80.2 cm³/mol. The number of fused-ring (bicyclic) bond motifs is 1. The molecule has 0 unspecified atom stereocenters. The number of aliphatic hydroxyl groups is 1. The normalized spacial score (nSPS) is 13.3. The fraction of sp³-hybridized carbons (Fsp3) is 0.176. The Balaban J connectivity index is 1.98. The minimum atomic E-state index is -0.156. The van der Waals surface area contributed by atoms with E-state index >= 15 is 0 Å². The molecule has 22 heavy (non-hydrogen) atoms. The van der Waals surface area contributed by atoms with Gasteiger partial charge in [0.2, 0.25) is 0 Å². The zero-order valence-electron chi connectivity index (χ0n) is 11.8. The first-order chi connectivity index (χ1) is 10.7. The summed E-state index contributed by atoms with van der Waals surface area (Å²) in [6.07, 6.45) is 0. The topological polar surface area (TPSA) is 73.6 Å². The summed E-state index contributed by atoms with van der Waals surface area (Å²) in [4.78, 5) is 13.8. The first kappa shape index (κ1) is 14.1. The van der Waals surface area contributed by atoms with E-state index in [2.05, 4.69) is 6.07 Å². The van der Waals surface area contributed by atoms with Crippen LogP contribution < -0.4 is 9.64 Å². The summed E-state index contributed by atoms with van der Waals surface area (Å²) in [6, 6.07) is 14.6. The molecular weight excluding hydrogens is 280 g/mol. The minimum Gasteiger partial charge on any atom is -0.482 e. The fourth-order valence-corrected chi connectivity index (χ4v) is 2.46. The number of nitriles is 1. The van der Waals surface area contributed by atoms with Crippen molar-refractivity contribution in [2.24, 2.45) is 0 Å². The van der Waals surface area contributed by atoms with Gasteiger partial charge in [0.05, 0.1) is 30.5 Å². The molecule has 110 valence electrons. The van der Waals surface area contributed by atoms with Crippen LogP contribution in [0.15, 0.2) is 42.5 Å². The van der Waals surface area contributed by atoms with E-state index < -0.39 is 0 Å². The van der Waals surface area contributed by atoms with Crippen molar-refractivity contribution in [1.82, 2.24) is 0 Å². The van der Waals surface area contributed by atoms with Crippen LogP contribution in [0.3, 0.4) is 0 Å². The van der Waals surface area contributed by atoms with E-state index in [0.29, 0.717) is 23.5 Å². The maximum Gasteiger partial charge on any atom is 0.265 e. The molecule has 0 spiro atoms. The van der Waals surface area contributed by atoms with E-state index in [1.54, 1.807) is 35.2 Å². The Morgan fingerprint density at radius 2 is 2.09 bits per heavy atom. The van der Waals surface area contributed by atoms with Crippen LogP contribution in [0.25, 0.3) is 0 Å². The molecule has 1 amide bonds. The van der Waals surface area contributed by atoms with Gasteiger partial charge in [0.25, 0.3) is 5.91 Å². The van der Waals surface area contributed by atoms with Gasteiger partial charge in [-0.1, -0.05) is 24.3 Å². The van der Waals surface area contributed by atoms with Crippen LogP contribution in [0, 0.1) is 11.3 Å². The standard InChI is InChI=1S/C17H14N2O3/c18-8-13-3-1-2-4-14(13)9-19-15-6-5-12(10-20)7-16(15)22-11-17(19)21/h1-7,20H,9-11H2. The van der Waals surface area contributed by atoms with Gasteiger partial charge in [-0.2, -0.15) is 5.26 Å². The smallest absolute Gasteiger partial charge is 0.265 e. The molecule has 5 heteroatoms. The number of amides is 1. The van der Waals surface area contributed by atoms with Gasteiger partial charge in [-0.15, -0.1) is 0 Å². The molecule has 1 aliphatic heterocycles. The van der Waals surface area contributed by atoms with Crippen LogP contribution in [0.5, 0.6) is 5.75 Å². The molecule has 2 aromatic rings. The summed E-state index contributed by atoms with van der Waals surface area (Å²) < 4.78 is 5.44. The minimum absolute atomic E-state index is 0.0450. The number of carbonyl (C=O) groups is 1. The van der Waals surface area contributed by atoms with Crippen LogP contribution in [0.1, 0.15) is 16.7 Å². The Kier molecular flexibility index (Phi) is 3.77. The molecule has 0 saturated heterocycles. The summed E-state index contributed by atoms with van der Waals surface area (Å²) in [5, 5.41) is 18.4. The molecule has 0 aliphatic carbocycles. The summed E-state index contributed by atoms with van der Waals surface area (Å²) in [5.74, 6) is 0.414. The largest absolute Gasteiger partial charge is 0.482 e. The number of nitrogens with zero attached hydrogens (tertiary/aromatic N) is 2. The van der Waals surface area contributed by atoms with E-state index in [1.807, 2.05) is 12.1 Å². The van der Waals surface area contributed by atoms with Crippen molar-refractivity contribution < 1.29 is 14.6 Å². The number of aliphatic hydroxyl groups excluding tert-OH is 1. The van der Waals surface area contributed by atoms with Gasteiger partial charge in [0.1, 0.15) is 5.75 Å². The molecule has 2 aromatic carbocycles. The van der Waals surface area contributed by atoms with E-state index in [4.69, 9.17) is 4.74 Å². The van der Waals surface area contributed by atoms with E-state index in [-0.39, 0.29) is 19.1 Å². The molecule has 1 heterocycles. The lowest BCUT2D eigenvalue weighted by Gasteiger charge is -2.30. The van der Waals surface area contributed by atoms with Crippen LogP contribution in [0.2, 0.25) is 0 Å². The zero-order valence-corrected chi connectivity index (χ0v) is 11.8. The van der Waals surface area contributed by atoms with Gasteiger partial charge < -0.3 is 14.7 Å². The number of ether oxygens (including phenoxy) is 1. The first-order valence-electron chi connectivity index (χ1n) is 6.88. The molecule has 0 aromatic heterocycles. The van der Waals surface area contributed by atoms with Crippen LogP contribution in [0.4, 0.5) is 5.69 Å². The summed E-state index contributed by atoms with van der Waals surface area (Å²) in [5.41, 5.74) is 2.72. The average Bonchev–Trinajstić information content (AvgIpc) is 2.57. The van der Waals surface area contributed by atoms with Gasteiger partial charge >= 0.3 is 0 Å². The number of rotatable bonds is 3. The van der Waals surface area contributed by atoms with Gasteiger partial charge in [-0.25, -0.2) is 0 Å². The lowest BCUT2D eigenvalue weighted by atomic mass is 10.1. The Hall–Kier alpha value is -2.84. The van der Waals surface area contributed by atoms with Crippen LogP contribution >= 0.6 is 0 Å². The van der Waals surface area contributed by atoms with Crippen LogP contribution in [-0.4, -0.2) is 17.6 Å². The summed E-state index contributed by atoms with van der Waals surface area (Å²) in [6.45, 7) is 0.190. The summed E-state index contributed by atoms with van der Waals surface area (Å²) >= 11 is 0. The second kappa shape index (κ2) is 5.88. The molecule has 0 saturated carbocycles. The maximum absolute atomic E-state index is 12.2. The van der Waals surface area contributed by atoms with Crippen molar-refractivity contribution in [1.29, 1.82) is 5.26 Å². The van der Waals surface area contributed by atoms with E-state index in [9.17, 15) is 15.2 Å². The van der Waals surface area contributed by atoms with E-state index in [0.717, 1.165) is 11.1 Å². The third-order valence-corrected chi connectivity index (χ3v) is 3.62. The van der Waals surface area contributed by atoms with Crippen molar-refractivity contribution in [3.8, 4) is 11.8 Å². The Morgan fingerprint density at radius 3 is 2.86 bits per heavy atom. The summed E-state index contributed by atoms with van der Waals surface area (Å²) in [7, 11) is 0. The zero-order chi connectivity index (χ0) is 15.5. The number of anilines is 1. The SMILES string of the molecule is N#Cc1ccccc1CN1C(=O)COc2cc(CO)ccc21. The maximum atomic E-state index is 12.2. The van der Waals surface area contributed by atoms with Crippen molar-refractivity contribution in [3.05, 3.63) is 59.2 Å². The predicted octanol–water partition coefficient (Wildman–Crippen LogP) is 1.98. The van der Waals surface area contributed by atoms with Crippen LogP contribution in [-0.2, 0) is 17.9 Å². The number of benzene rings is 2. The fourth-order valence-electron chi connectivity index (χ4n) is 2.46. The highest BCUT2D eigenvalue weighted by Gasteiger charge is 2.26. The highest BCUT2D eigenvalue weighted by Crippen LogP contribution is 2.34. The lowest BCUT2D eigenvalue weighted by molar-refractivity contribution is -0.121. The Bertz CT molecular complexity index is 765. The van der Waals surface area contributed by atoms with Crippen molar-refractivity contribution in [2.45, 2.75) is 13.2 Å². The molecular formula is C17H14N2O3. The Morgan fingerprint density at radius 1 is 1.27 bits per heavy atom. The molecule has 3 rings (SSSR count). The lowest BCUT2D eigenvalue weighted by Crippen LogP contribution is -2.38. The molecule has 1 aliphatic rings. The second-order valence-electron chi connectivity index (χ2n) is 5.00. The van der Waals surface area contributed by atoms with Gasteiger partial charge in [-0.3, -0.25) is 4.79 Å². The monoisotopic (exact) mass is 294 g/mol. The van der Waals surface area contributed by atoms with Crippen molar-refractivity contribution in [2.75, 3.05) is 11.5 Å². The molecule has 5 nitrogen and oxygen atoms in total. The molecule has 0 atom stereocenters. The molecule has 0 bridgehead atoms. The Labute approximate surface area is 128 Å². The third kappa shape index (κ3) is 2.52. The highest BCUT2D eigenvalue weighted by atomic mass is 16.5. The quantitative estimate of drug-likeness (QED) is 0.939.